The van der Waals surface area contributed by atoms with Gasteiger partial charge in [-0.05, 0) is 47.7 Å². The number of H-pyrrole nitrogens is 1. The minimum atomic E-state index is -4.60. The molecule has 0 saturated heterocycles. The highest BCUT2D eigenvalue weighted by Crippen LogP contribution is 2.29. The molecule has 1 aromatic carbocycles. The van der Waals surface area contributed by atoms with Crippen LogP contribution >= 0.6 is 34.8 Å². The Kier molecular flexibility index (Phi) is 3.71. The highest BCUT2D eigenvalue weighted by molar-refractivity contribution is 14.1. The van der Waals surface area contributed by atoms with E-state index in [1.165, 1.54) is 4.68 Å². The van der Waals surface area contributed by atoms with Crippen molar-refractivity contribution in [2.45, 2.75) is 13.1 Å². The summed E-state index contributed by atoms with van der Waals surface area (Å²) in [5, 5.41) is 4.71. The number of rotatable bonds is 1. The van der Waals surface area contributed by atoms with Crippen molar-refractivity contribution in [2.75, 3.05) is 0 Å². The topological polar surface area (TPSA) is 46.5 Å². The Hall–Kier alpha value is -1.49. The van der Waals surface area contributed by atoms with E-state index in [9.17, 15) is 13.2 Å². The van der Waals surface area contributed by atoms with Gasteiger partial charge in [-0.3, -0.25) is 0 Å². The molecule has 0 aliphatic heterocycles. The highest BCUT2D eigenvalue weighted by atomic mass is 127. The maximum Gasteiger partial charge on any atom is 0.449 e. The van der Waals surface area contributed by atoms with Gasteiger partial charge in [0, 0.05) is 3.57 Å². The molecule has 114 valence electrons. The average molecular weight is 436 g/mol. The van der Waals surface area contributed by atoms with Gasteiger partial charge in [-0.2, -0.15) is 18.3 Å². The molecule has 9 heteroatoms. The summed E-state index contributed by atoms with van der Waals surface area (Å²) >= 11 is 7.13. The van der Waals surface area contributed by atoms with E-state index in [4.69, 9.17) is 12.2 Å². The molecule has 0 atom stereocenters. The van der Waals surface area contributed by atoms with E-state index in [-0.39, 0.29) is 10.3 Å². The fourth-order valence-electron chi connectivity index (χ4n) is 2.13. The number of aromatic nitrogens is 4. The third-order valence-electron chi connectivity index (χ3n) is 3.05. The SMILES string of the molecule is Cc1nn(-c2cccc(I)c2)c2[nH]c(C(F)(F)F)nc(=S)c12. The van der Waals surface area contributed by atoms with Crippen molar-refractivity contribution in [3.05, 3.63) is 44.0 Å². The predicted octanol–water partition coefficient (Wildman–Crippen LogP) is 4.41. The van der Waals surface area contributed by atoms with Gasteiger partial charge in [-0.15, -0.1) is 0 Å². The smallest absolute Gasteiger partial charge is 0.320 e. The Bertz CT molecular complexity index is 929. The zero-order valence-corrected chi connectivity index (χ0v) is 14.0. The third kappa shape index (κ3) is 2.62. The number of hydrogen-bond acceptors (Lipinski definition) is 3. The van der Waals surface area contributed by atoms with Crippen LogP contribution in [0.4, 0.5) is 13.2 Å². The van der Waals surface area contributed by atoms with Crippen LogP contribution in [0.2, 0.25) is 0 Å². The van der Waals surface area contributed by atoms with E-state index in [0.29, 0.717) is 16.8 Å². The summed E-state index contributed by atoms with van der Waals surface area (Å²) in [7, 11) is 0. The Morgan fingerprint density at radius 1 is 1.32 bits per heavy atom. The minimum absolute atomic E-state index is 0.115. The number of fused-ring (bicyclic) bond motifs is 1. The molecular weight excluding hydrogens is 428 g/mol. The van der Waals surface area contributed by atoms with E-state index >= 15 is 0 Å². The normalized spacial score (nSPS) is 12.0. The molecule has 2 aromatic heterocycles. The lowest BCUT2D eigenvalue weighted by Crippen LogP contribution is -2.12. The van der Waals surface area contributed by atoms with Crippen molar-refractivity contribution in [3.8, 4) is 5.69 Å². The molecule has 0 unspecified atom stereocenters. The molecule has 2 heterocycles. The van der Waals surface area contributed by atoms with Crippen LogP contribution in [0.3, 0.4) is 0 Å². The molecule has 0 spiro atoms. The molecule has 0 bridgehead atoms. The summed E-state index contributed by atoms with van der Waals surface area (Å²) in [5.41, 5.74) is 1.36. The van der Waals surface area contributed by atoms with Gasteiger partial charge in [0.2, 0.25) is 5.82 Å². The van der Waals surface area contributed by atoms with E-state index in [1.807, 2.05) is 12.1 Å². The Balaban J connectivity index is 2.37. The molecular formula is C13H8F3IN4S. The van der Waals surface area contributed by atoms with Gasteiger partial charge in [0.1, 0.15) is 10.3 Å². The zero-order valence-electron chi connectivity index (χ0n) is 11.1. The number of hydrogen-bond donors (Lipinski definition) is 1. The standard InChI is InChI=1S/C13H8F3IN4S/c1-6-9-10(18-12(13(14,15)16)19-11(9)22)21(20-6)8-4-2-3-7(17)5-8/h2-5H,1H3,(H,18,19,22). The average Bonchev–Trinajstić information content (AvgIpc) is 2.75. The second-order valence-corrected chi connectivity index (χ2v) is 6.22. The summed E-state index contributed by atoms with van der Waals surface area (Å²) in [6.45, 7) is 1.69. The number of benzene rings is 1. The molecule has 0 radical (unpaired) electrons. The molecule has 22 heavy (non-hydrogen) atoms. The number of nitrogens with zero attached hydrogens (tertiary/aromatic N) is 3. The predicted molar refractivity (Wildman–Crippen MR) is 86.5 cm³/mol. The second kappa shape index (κ2) is 5.30. The summed E-state index contributed by atoms with van der Waals surface area (Å²) in [5.74, 6) is -1.13. The van der Waals surface area contributed by atoms with E-state index in [2.05, 4.69) is 37.7 Å². The van der Waals surface area contributed by atoms with Gasteiger partial charge in [0.05, 0.1) is 16.8 Å². The van der Waals surface area contributed by atoms with Crippen molar-refractivity contribution in [1.29, 1.82) is 0 Å². The van der Waals surface area contributed by atoms with Crippen molar-refractivity contribution < 1.29 is 13.2 Å². The molecule has 0 aliphatic carbocycles. The number of nitrogens with one attached hydrogen (secondary N) is 1. The molecule has 1 N–H and O–H groups in total. The van der Waals surface area contributed by atoms with Crippen molar-refractivity contribution in [2.24, 2.45) is 0 Å². The summed E-state index contributed by atoms with van der Waals surface area (Å²) in [4.78, 5) is 5.75. The van der Waals surface area contributed by atoms with Crippen LogP contribution in [0.25, 0.3) is 16.7 Å². The van der Waals surface area contributed by atoms with E-state index in [1.54, 1.807) is 19.1 Å². The lowest BCUT2D eigenvalue weighted by molar-refractivity contribution is -0.144. The minimum Gasteiger partial charge on any atom is -0.320 e. The Morgan fingerprint density at radius 3 is 2.68 bits per heavy atom. The highest BCUT2D eigenvalue weighted by Gasteiger charge is 2.34. The van der Waals surface area contributed by atoms with Crippen LogP contribution in [0.5, 0.6) is 0 Å². The first-order valence-electron chi connectivity index (χ1n) is 6.10. The molecule has 0 amide bonds. The molecule has 3 aromatic rings. The van der Waals surface area contributed by atoms with Crippen molar-refractivity contribution >= 4 is 45.8 Å². The van der Waals surface area contributed by atoms with E-state index in [0.717, 1.165) is 3.57 Å². The van der Waals surface area contributed by atoms with E-state index < -0.39 is 12.0 Å². The van der Waals surface area contributed by atoms with Crippen LogP contribution in [-0.4, -0.2) is 19.7 Å². The first-order valence-corrected chi connectivity index (χ1v) is 7.59. The van der Waals surface area contributed by atoms with Gasteiger partial charge in [0.25, 0.3) is 0 Å². The quantitative estimate of drug-likeness (QED) is 0.454. The van der Waals surface area contributed by atoms with Crippen molar-refractivity contribution in [1.82, 2.24) is 19.7 Å². The third-order valence-corrected chi connectivity index (χ3v) is 4.01. The molecule has 0 fully saturated rings. The van der Waals surface area contributed by atoms with Crippen LogP contribution in [0, 0.1) is 15.1 Å². The fourth-order valence-corrected chi connectivity index (χ4v) is 2.99. The fraction of sp³-hybridized carbons (Fsp3) is 0.154. The van der Waals surface area contributed by atoms with Gasteiger partial charge in [-0.1, -0.05) is 18.3 Å². The molecule has 4 nitrogen and oxygen atoms in total. The van der Waals surface area contributed by atoms with Gasteiger partial charge < -0.3 is 4.98 Å². The van der Waals surface area contributed by atoms with Gasteiger partial charge in [-0.25, -0.2) is 9.67 Å². The second-order valence-electron chi connectivity index (χ2n) is 4.59. The van der Waals surface area contributed by atoms with Crippen LogP contribution < -0.4 is 0 Å². The lowest BCUT2D eigenvalue weighted by atomic mass is 10.3. The number of aryl methyl sites for hydroxylation is 1. The van der Waals surface area contributed by atoms with Crippen molar-refractivity contribution in [3.63, 3.8) is 0 Å². The first kappa shape index (κ1) is 15.4. The largest absolute Gasteiger partial charge is 0.449 e. The maximum atomic E-state index is 12.9. The first-order chi connectivity index (χ1) is 10.3. The number of aromatic amines is 1. The van der Waals surface area contributed by atoms with Gasteiger partial charge >= 0.3 is 6.18 Å². The zero-order chi connectivity index (χ0) is 16.1. The molecule has 3 rings (SSSR count). The number of halogens is 4. The summed E-state index contributed by atoms with van der Waals surface area (Å²) in [6, 6.07) is 7.27. The Morgan fingerprint density at radius 2 is 2.05 bits per heavy atom. The Labute approximate surface area is 141 Å². The van der Waals surface area contributed by atoms with Gasteiger partial charge in [0.15, 0.2) is 0 Å². The lowest BCUT2D eigenvalue weighted by Gasteiger charge is -2.08. The summed E-state index contributed by atoms with van der Waals surface area (Å²) in [6.07, 6.45) is -4.60. The molecule has 0 saturated carbocycles. The molecule has 0 aliphatic rings. The summed E-state index contributed by atoms with van der Waals surface area (Å²) < 4.78 is 41.0. The number of alkyl halides is 3. The van der Waals surface area contributed by atoms with Crippen LogP contribution in [-0.2, 0) is 6.18 Å². The maximum absolute atomic E-state index is 12.9. The van der Waals surface area contributed by atoms with Crippen LogP contribution in [0.1, 0.15) is 11.5 Å². The van der Waals surface area contributed by atoms with Crippen LogP contribution in [0.15, 0.2) is 24.3 Å². The monoisotopic (exact) mass is 436 g/mol.